The van der Waals surface area contributed by atoms with Crippen molar-refractivity contribution in [3.05, 3.63) is 216 Å². The lowest BCUT2D eigenvalue weighted by molar-refractivity contribution is -0.199. The molecular weight excluding hydrogens is 1090 g/mol. The summed E-state index contributed by atoms with van der Waals surface area (Å²) in [4.78, 5) is 46.0. The number of fused-ring (bicyclic) bond motifs is 16. The SMILES string of the molecule is C/C(CO)=C1\CCc2ccc(cc2)[C@@H]2C=C[C@@H](c3cccc4c3CC[C@@H]3CCC[C@H]5C=Cc6ccccc6[C@@]435)C[C@@H]2CC(=O)O[C@@H]2c3c(ccc4c(CO)c([C@H](CCO)COCO)c(=O)oc34)O[C@@](C)([C@@H]3C[C@@H]4c5ccccc5C=C[C@H]4C3)[C@H]2OC1=O. The summed E-state index contributed by atoms with van der Waals surface area (Å²) in [5, 5.41) is 42.2. The molecule has 1 spiro atoms. The smallest absolute Gasteiger partial charge is 0.340 e. The van der Waals surface area contributed by atoms with Gasteiger partial charge in [0.1, 0.15) is 23.7 Å². The van der Waals surface area contributed by atoms with E-state index in [-0.39, 0.29) is 101 Å². The van der Waals surface area contributed by atoms with Gasteiger partial charge in [-0.2, -0.15) is 0 Å². The van der Waals surface area contributed by atoms with Crippen LogP contribution in [-0.4, -0.2) is 70.7 Å². The van der Waals surface area contributed by atoms with Crippen LogP contribution >= 0.6 is 0 Å². The van der Waals surface area contributed by atoms with Gasteiger partial charge >= 0.3 is 17.6 Å². The zero-order valence-corrected chi connectivity index (χ0v) is 49.7. The Morgan fingerprint density at radius 3 is 2.36 bits per heavy atom. The van der Waals surface area contributed by atoms with E-state index in [0.29, 0.717) is 54.1 Å². The van der Waals surface area contributed by atoms with Crippen molar-refractivity contribution in [3.63, 3.8) is 0 Å². The van der Waals surface area contributed by atoms with E-state index < -0.39 is 61.3 Å². The highest BCUT2D eigenvalue weighted by atomic mass is 16.6. The minimum atomic E-state index is -1.41. The van der Waals surface area contributed by atoms with Crippen molar-refractivity contribution in [2.75, 3.05) is 26.6 Å². The number of esters is 2. The number of aryl methyl sites for hydroxylation is 1. The van der Waals surface area contributed by atoms with E-state index >= 15 is 9.59 Å². The monoisotopic (exact) mass is 1170 g/mol. The Morgan fingerprint density at radius 2 is 1.54 bits per heavy atom. The number of hydrogen-bond donors (Lipinski definition) is 4. The van der Waals surface area contributed by atoms with Gasteiger partial charge < -0.3 is 43.8 Å². The average Bonchev–Trinajstić information content (AvgIpc) is 0.859. The van der Waals surface area contributed by atoms with Crippen LogP contribution in [0.15, 0.2) is 148 Å². The summed E-state index contributed by atoms with van der Waals surface area (Å²) in [7, 11) is 0. The average molecular weight is 1170 g/mol. The van der Waals surface area contributed by atoms with Crippen molar-refractivity contribution in [2.24, 2.45) is 29.6 Å². The van der Waals surface area contributed by atoms with Gasteiger partial charge in [0.25, 0.3) is 0 Å². The Kier molecular flexibility index (Phi) is 15.5. The zero-order chi connectivity index (χ0) is 59.7. The van der Waals surface area contributed by atoms with Crippen molar-refractivity contribution < 1.29 is 53.4 Å². The molecule has 2 fully saturated rings. The maximum absolute atomic E-state index is 15.9. The van der Waals surface area contributed by atoms with Gasteiger partial charge in [-0.05, 0) is 181 Å². The Labute approximate surface area is 508 Å². The molecule has 2 saturated carbocycles. The van der Waals surface area contributed by atoms with Gasteiger partial charge in [0.05, 0.1) is 25.4 Å². The zero-order valence-electron chi connectivity index (χ0n) is 49.7. The lowest BCUT2D eigenvalue weighted by Crippen LogP contribution is -2.58. The van der Waals surface area contributed by atoms with E-state index in [0.717, 1.165) is 36.0 Å². The Bertz CT molecular complexity index is 3850. The lowest BCUT2D eigenvalue weighted by atomic mass is 9.48. The van der Waals surface area contributed by atoms with Gasteiger partial charge in [0.15, 0.2) is 12.2 Å². The fraction of sp³-hybridized carbons (Fsp3) is 0.427. The fourth-order valence-electron chi connectivity index (χ4n) is 17.9. The number of carbonyl (C=O) groups excluding carboxylic acids is 2. The first-order valence-corrected chi connectivity index (χ1v) is 31.8. The molecule has 4 heterocycles. The normalized spacial score (nSPS) is 30.4. The Morgan fingerprint density at radius 1 is 0.747 bits per heavy atom. The number of benzene rings is 5. The largest absolute Gasteiger partial charge is 0.483 e. The third-order valence-corrected chi connectivity index (χ3v) is 22.0. The van der Waals surface area contributed by atoms with E-state index in [4.69, 9.17) is 23.4 Å². The molecule has 0 amide bonds. The molecule has 12 heteroatoms. The minimum Gasteiger partial charge on any atom is -0.483 e. The second-order valence-electron chi connectivity index (χ2n) is 26.3. The van der Waals surface area contributed by atoms with Gasteiger partial charge in [-0.25, -0.2) is 9.59 Å². The van der Waals surface area contributed by atoms with E-state index in [1.165, 1.54) is 46.2 Å². The predicted octanol–water partition coefficient (Wildman–Crippen LogP) is 12.7. The third-order valence-electron chi connectivity index (χ3n) is 22.0. The van der Waals surface area contributed by atoms with Crippen LogP contribution in [0.1, 0.15) is 175 Å². The standard InChI is InChI=1S/C75H78O12/c1-43(39-77)55-28-19-44-17-20-46(21-18-44)56-29-25-48(58-14-8-16-64-59(58)30-27-53-12-7-11-52-26-24-47-10-4-6-15-63(47)75(52,53)64)35-51(56)37-66(80)84-70-68-65(32-31-60-62(40-78)67(73(82)85-69(60)68)50(33-34-76)41-83-42-79)87-74(2,71(70)86-72(55)81)54-36-49-23-22-45-9-3-5-13-57(45)61(49)38-54/h3-6,8-10,13-18,20-26,29,31-32,48-54,56,61,70-71,76-79H,7,11-12,19,27-28,30,33-42H2,1-2H3/b55-43-/t48-,49+,50-,51-,52+,53+,54+,56+,61+,70-,71+,74+,75+/m1/s1. The van der Waals surface area contributed by atoms with Crippen LogP contribution in [0.4, 0.5) is 0 Å². The van der Waals surface area contributed by atoms with Crippen LogP contribution < -0.4 is 10.4 Å². The van der Waals surface area contributed by atoms with Crippen LogP contribution in [-0.2, 0) is 48.7 Å². The second-order valence-corrected chi connectivity index (χ2v) is 26.3. The van der Waals surface area contributed by atoms with E-state index in [9.17, 15) is 25.2 Å². The fourth-order valence-corrected chi connectivity index (χ4v) is 17.9. The van der Waals surface area contributed by atoms with Crippen molar-refractivity contribution in [1.82, 2.24) is 0 Å². The van der Waals surface area contributed by atoms with E-state index in [1.807, 2.05) is 13.0 Å². The molecule has 6 aromatic rings. The van der Waals surface area contributed by atoms with Crippen molar-refractivity contribution >= 4 is 35.1 Å². The van der Waals surface area contributed by atoms with Crippen molar-refractivity contribution in [2.45, 2.75) is 144 Å². The number of carbonyl (C=O) groups is 2. The summed E-state index contributed by atoms with van der Waals surface area (Å²) >= 11 is 0. The number of aliphatic hydroxyl groups excluding tert-OH is 4. The molecule has 5 aromatic carbocycles. The number of allylic oxidation sites excluding steroid dienone is 4. The van der Waals surface area contributed by atoms with Crippen LogP contribution in [0.5, 0.6) is 5.75 Å². The number of aliphatic hydroxyl groups is 4. The molecule has 0 saturated heterocycles. The quantitative estimate of drug-likeness (QED) is 0.0335. The van der Waals surface area contributed by atoms with Crippen LogP contribution in [0, 0.1) is 29.6 Å². The van der Waals surface area contributed by atoms with Gasteiger partial charge in [-0.15, -0.1) is 0 Å². The molecule has 87 heavy (non-hydrogen) atoms. The summed E-state index contributed by atoms with van der Waals surface area (Å²) in [6.45, 7) is 1.60. The molecular formula is C75H78O12. The van der Waals surface area contributed by atoms with Crippen molar-refractivity contribution in [1.29, 1.82) is 0 Å². The Hall–Kier alpha value is -7.19. The highest BCUT2D eigenvalue weighted by Gasteiger charge is 2.60. The van der Waals surface area contributed by atoms with Gasteiger partial charge in [0, 0.05) is 58.6 Å². The summed E-state index contributed by atoms with van der Waals surface area (Å²) in [5.41, 5.74) is 10.4. The molecule has 3 aliphatic heterocycles. The molecule has 1 aromatic heterocycles. The highest BCUT2D eigenvalue weighted by Crippen LogP contribution is 2.62. The summed E-state index contributed by atoms with van der Waals surface area (Å²) < 4.78 is 33.3. The third kappa shape index (κ3) is 9.71. The summed E-state index contributed by atoms with van der Waals surface area (Å²) in [6, 6.07) is 36.4. The second kappa shape index (κ2) is 23.4. The van der Waals surface area contributed by atoms with Crippen LogP contribution in [0.25, 0.3) is 23.1 Å². The molecule has 15 rings (SSSR count). The molecule has 9 aliphatic rings. The van der Waals surface area contributed by atoms with E-state index in [1.54, 1.807) is 19.1 Å². The first-order chi connectivity index (χ1) is 42.4. The molecule has 13 atom stereocenters. The minimum absolute atomic E-state index is 0.00299. The first-order valence-electron chi connectivity index (χ1n) is 31.8. The summed E-state index contributed by atoms with van der Waals surface area (Å²) in [6.07, 6.45) is 19.7. The molecule has 4 N–H and O–H groups in total. The molecule has 450 valence electrons. The lowest BCUT2D eigenvalue weighted by Gasteiger charge is -2.55. The molecule has 0 radical (unpaired) electrons. The number of rotatable bonds is 10. The predicted molar refractivity (Wildman–Crippen MR) is 332 cm³/mol. The Balaban J connectivity index is 0.909. The van der Waals surface area contributed by atoms with Gasteiger partial charge in [-0.1, -0.05) is 134 Å². The van der Waals surface area contributed by atoms with Crippen LogP contribution in [0.3, 0.4) is 0 Å². The molecule has 12 nitrogen and oxygen atoms in total. The molecule has 0 unspecified atom stereocenters. The van der Waals surface area contributed by atoms with Gasteiger partial charge in [0.2, 0.25) is 0 Å². The van der Waals surface area contributed by atoms with Crippen LogP contribution in [0.2, 0.25) is 0 Å². The first kappa shape index (κ1) is 57.5. The highest BCUT2D eigenvalue weighted by molar-refractivity contribution is 5.90. The number of hydrogen-bond acceptors (Lipinski definition) is 12. The van der Waals surface area contributed by atoms with E-state index in [2.05, 4.69) is 121 Å². The molecule has 6 aliphatic carbocycles. The maximum atomic E-state index is 15.9. The van der Waals surface area contributed by atoms with Crippen molar-refractivity contribution in [3.8, 4) is 5.75 Å². The topological polar surface area (TPSA) is 182 Å². The maximum Gasteiger partial charge on any atom is 0.340 e. The number of ether oxygens (including phenoxy) is 4. The van der Waals surface area contributed by atoms with Gasteiger partial charge in [-0.3, -0.25) is 4.79 Å². The summed E-state index contributed by atoms with van der Waals surface area (Å²) in [5.74, 6) is -1.17. The molecule has 2 bridgehead atoms.